The number of carbonyl (C=O) groups excluding carboxylic acids is 1. The van der Waals surface area contributed by atoms with Crippen molar-refractivity contribution in [2.45, 2.75) is 33.2 Å². The number of amides is 1. The Labute approximate surface area is 123 Å². The van der Waals surface area contributed by atoms with Gasteiger partial charge in [0.2, 0.25) is 5.91 Å². The van der Waals surface area contributed by atoms with Gasteiger partial charge in [-0.3, -0.25) is 4.79 Å². The molecule has 0 aliphatic rings. The Morgan fingerprint density at radius 2 is 1.84 bits per heavy atom. The quantitative estimate of drug-likeness (QED) is 0.828. The minimum atomic E-state index is -0.885. The third kappa shape index (κ3) is 3.57. The van der Waals surface area contributed by atoms with E-state index >= 15 is 0 Å². The predicted octanol–water partition coefficient (Wildman–Crippen LogP) is 3.74. The minimum Gasteiger partial charge on any atom is -0.340 e. The highest BCUT2D eigenvalue weighted by Gasteiger charge is 2.37. The van der Waals surface area contributed by atoms with E-state index in [4.69, 9.17) is 0 Å². The van der Waals surface area contributed by atoms with Gasteiger partial charge < -0.3 is 4.90 Å². The molecule has 0 spiro atoms. The van der Waals surface area contributed by atoms with Crippen LogP contribution in [0.3, 0.4) is 0 Å². The number of halogens is 1. The van der Waals surface area contributed by atoms with Crippen molar-refractivity contribution in [3.05, 3.63) is 34.3 Å². The minimum absolute atomic E-state index is 0.0945. The monoisotopic (exact) mass is 322 g/mol. The molecule has 4 heteroatoms. The SMILES string of the molecule is CCC(C#N)(CC)C(=O)N(C)Cc1ccc(Br)cc1. The van der Waals surface area contributed by atoms with E-state index in [1.807, 2.05) is 38.1 Å². The highest BCUT2D eigenvalue weighted by molar-refractivity contribution is 9.10. The van der Waals surface area contributed by atoms with Crippen LogP contribution in [-0.4, -0.2) is 17.9 Å². The second kappa shape index (κ2) is 6.72. The fourth-order valence-electron chi connectivity index (χ4n) is 2.06. The predicted molar refractivity (Wildman–Crippen MR) is 79.2 cm³/mol. The maximum atomic E-state index is 12.4. The highest BCUT2D eigenvalue weighted by Crippen LogP contribution is 2.28. The summed E-state index contributed by atoms with van der Waals surface area (Å²) in [7, 11) is 1.75. The van der Waals surface area contributed by atoms with Crippen LogP contribution < -0.4 is 0 Å². The summed E-state index contributed by atoms with van der Waals surface area (Å²) in [5, 5.41) is 9.29. The molecule has 0 atom stereocenters. The van der Waals surface area contributed by atoms with Crippen molar-refractivity contribution in [1.29, 1.82) is 5.26 Å². The molecule has 19 heavy (non-hydrogen) atoms. The second-order valence-corrected chi connectivity index (χ2v) is 5.60. The zero-order valence-corrected chi connectivity index (χ0v) is 13.2. The molecule has 0 bridgehead atoms. The molecule has 1 aromatic rings. The van der Waals surface area contributed by atoms with Crippen molar-refractivity contribution >= 4 is 21.8 Å². The fraction of sp³-hybridized carbons (Fsp3) is 0.467. The van der Waals surface area contributed by atoms with E-state index in [9.17, 15) is 10.1 Å². The number of benzene rings is 1. The maximum Gasteiger partial charge on any atom is 0.243 e. The summed E-state index contributed by atoms with van der Waals surface area (Å²) in [4.78, 5) is 14.1. The Morgan fingerprint density at radius 3 is 2.26 bits per heavy atom. The molecule has 3 nitrogen and oxygen atoms in total. The van der Waals surface area contributed by atoms with Crippen LogP contribution in [0.5, 0.6) is 0 Å². The summed E-state index contributed by atoms with van der Waals surface area (Å²) < 4.78 is 1.01. The molecule has 1 rings (SSSR count). The maximum absolute atomic E-state index is 12.4. The van der Waals surface area contributed by atoms with Crippen molar-refractivity contribution in [3.63, 3.8) is 0 Å². The van der Waals surface area contributed by atoms with E-state index in [-0.39, 0.29) is 5.91 Å². The van der Waals surface area contributed by atoms with Crippen LogP contribution in [-0.2, 0) is 11.3 Å². The van der Waals surface area contributed by atoms with Gasteiger partial charge in [-0.05, 0) is 30.5 Å². The molecule has 0 aliphatic carbocycles. The number of hydrogen-bond acceptors (Lipinski definition) is 2. The molecular weight excluding hydrogens is 304 g/mol. The van der Waals surface area contributed by atoms with E-state index in [2.05, 4.69) is 22.0 Å². The highest BCUT2D eigenvalue weighted by atomic mass is 79.9. The van der Waals surface area contributed by atoms with E-state index in [0.717, 1.165) is 10.0 Å². The Kier molecular flexibility index (Phi) is 5.56. The van der Waals surface area contributed by atoms with E-state index in [1.165, 1.54) is 0 Å². The number of carbonyl (C=O) groups is 1. The first-order chi connectivity index (χ1) is 8.99. The molecule has 0 radical (unpaired) electrons. The lowest BCUT2D eigenvalue weighted by Gasteiger charge is -2.28. The van der Waals surface area contributed by atoms with E-state index < -0.39 is 5.41 Å². The molecule has 1 aromatic carbocycles. The van der Waals surface area contributed by atoms with Gasteiger partial charge in [0.1, 0.15) is 5.41 Å². The summed E-state index contributed by atoms with van der Waals surface area (Å²) in [5.74, 6) is -0.0945. The van der Waals surface area contributed by atoms with Crippen LogP contribution >= 0.6 is 15.9 Å². The van der Waals surface area contributed by atoms with Crippen LogP contribution in [0.1, 0.15) is 32.3 Å². The molecule has 0 heterocycles. The molecule has 0 N–H and O–H groups in total. The first kappa shape index (κ1) is 15.7. The van der Waals surface area contributed by atoms with E-state index in [1.54, 1.807) is 11.9 Å². The summed E-state index contributed by atoms with van der Waals surface area (Å²) in [5.41, 5.74) is 0.169. The third-order valence-corrected chi connectivity index (χ3v) is 4.04. The topological polar surface area (TPSA) is 44.1 Å². The zero-order valence-electron chi connectivity index (χ0n) is 11.6. The Hall–Kier alpha value is -1.34. The number of rotatable bonds is 5. The van der Waals surface area contributed by atoms with Gasteiger partial charge in [-0.1, -0.05) is 41.9 Å². The summed E-state index contributed by atoms with van der Waals surface area (Å²) >= 11 is 3.38. The largest absolute Gasteiger partial charge is 0.340 e. The lowest BCUT2D eigenvalue weighted by molar-refractivity contribution is -0.138. The summed E-state index contributed by atoms with van der Waals surface area (Å²) in [6.45, 7) is 4.30. The van der Waals surface area contributed by atoms with Crippen molar-refractivity contribution in [2.24, 2.45) is 5.41 Å². The summed E-state index contributed by atoms with van der Waals surface area (Å²) in [6, 6.07) is 10.0. The van der Waals surface area contributed by atoms with Gasteiger partial charge >= 0.3 is 0 Å². The molecule has 0 aliphatic heterocycles. The van der Waals surface area contributed by atoms with Crippen LogP contribution in [0, 0.1) is 16.7 Å². The first-order valence-corrected chi connectivity index (χ1v) is 7.19. The normalized spacial score (nSPS) is 10.9. The Morgan fingerprint density at radius 1 is 1.32 bits per heavy atom. The van der Waals surface area contributed by atoms with Crippen LogP contribution in [0.25, 0.3) is 0 Å². The summed E-state index contributed by atoms with van der Waals surface area (Å²) in [6.07, 6.45) is 1.09. The van der Waals surface area contributed by atoms with Gasteiger partial charge in [-0.2, -0.15) is 5.26 Å². The molecule has 0 aromatic heterocycles. The number of nitriles is 1. The van der Waals surface area contributed by atoms with Crippen molar-refractivity contribution in [1.82, 2.24) is 4.90 Å². The fourth-order valence-corrected chi connectivity index (χ4v) is 2.32. The molecule has 0 saturated heterocycles. The van der Waals surface area contributed by atoms with Crippen LogP contribution in [0.15, 0.2) is 28.7 Å². The average Bonchev–Trinajstić information content (AvgIpc) is 2.43. The molecular formula is C15H19BrN2O. The zero-order chi connectivity index (χ0) is 14.5. The van der Waals surface area contributed by atoms with Gasteiger partial charge in [0.15, 0.2) is 0 Å². The molecule has 0 unspecified atom stereocenters. The van der Waals surface area contributed by atoms with Gasteiger partial charge in [-0.15, -0.1) is 0 Å². The first-order valence-electron chi connectivity index (χ1n) is 6.40. The third-order valence-electron chi connectivity index (χ3n) is 3.51. The van der Waals surface area contributed by atoms with Crippen molar-refractivity contribution in [2.75, 3.05) is 7.05 Å². The lowest BCUT2D eigenvalue weighted by atomic mass is 9.82. The van der Waals surface area contributed by atoms with Gasteiger partial charge in [0, 0.05) is 18.1 Å². The average molecular weight is 323 g/mol. The smallest absolute Gasteiger partial charge is 0.243 e. The molecule has 0 fully saturated rings. The van der Waals surface area contributed by atoms with Crippen molar-refractivity contribution in [3.8, 4) is 6.07 Å². The van der Waals surface area contributed by atoms with Gasteiger partial charge in [-0.25, -0.2) is 0 Å². The van der Waals surface area contributed by atoms with Crippen molar-refractivity contribution < 1.29 is 4.79 Å². The standard InChI is InChI=1S/C15H19BrN2O/c1-4-15(5-2,11-17)14(19)18(3)10-12-6-8-13(16)9-7-12/h6-9H,4-5,10H2,1-3H3. The Bertz CT molecular complexity index is 472. The van der Waals surface area contributed by atoms with E-state index in [0.29, 0.717) is 19.4 Å². The van der Waals surface area contributed by atoms with Gasteiger partial charge in [0.25, 0.3) is 0 Å². The number of hydrogen-bond donors (Lipinski definition) is 0. The molecule has 102 valence electrons. The second-order valence-electron chi connectivity index (χ2n) is 4.69. The number of nitrogens with zero attached hydrogens (tertiary/aromatic N) is 2. The molecule has 1 amide bonds. The lowest BCUT2D eigenvalue weighted by Crippen LogP contribution is -2.40. The van der Waals surface area contributed by atoms with Gasteiger partial charge in [0.05, 0.1) is 6.07 Å². The molecule has 0 saturated carbocycles. The van der Waals surface area contributed by atoms with Crippen LogP contribution in [0.2, 0.25) is 0 Å². The van der Waals surface area contributed by atoms with Crippen LogP contribution in [0.4, 0.5) is 0 Å². The Balaban J connectivity index is 2.83.